The van der Waals surface area contributed by atoms with Gasteiger partial charge in [-0.15, -0.1) is 0 Å². The standard InChI is InChI=1S/C16H22Cl2N2O.C4H4O4/c1-3-16(21)20(11-12-6-8-19(2)9-7-12)13-4-5-14(17)15(18)10-13;5-3(6)1-2-4(7)8/h4-5,10,12H,3,6-9,11H2,1-2H3;1-2H,(H,5,6)(H,7,8)/b;2-1+. The third kappa shape index (κ3) is 9.30. The molecular formula is C20H26Cl2N2O5. The Hall–Kier alpha value is -2.09. The van der Waals surface area contributed by atoms with E-state index < -0.39 is 11.9 Å². The zero-order chi connectivity index (χ0) is 22.0. The van der Waals surface area contributed by atoms with Crippen molar-refractivity contribution in [3.05, 3.63) is 40.4 Å². The number of carbonyl (C=O) groups is 3. The number of carboxylic acid groups (broad SMARTS) is 2. The van der Waals surface area contributed by atoms with E-state index >= 15 is 0 Å². The van der Waals surface area contributed by atoms with Crippen LogP contribution in [0.5, 0.6) is 0 Å². The fourth-order valence-electron chi connectivity index (χ4n) is 2.84. The Bertz CT molecular complexity index is 730. The van der Waals surface area contributed by atoms with Gasteiger partial charge in [0, 0.05) is 30.8 Å². The maximum absolute atomic E-state index is 12.3. The molecule has 1 fully saturated rings. The Balaban J connectivity index is 0.000000447. The molecule has 0 saturated carbocycles. The first-order valence-corrected chi connectivity index (χ1v) is 9.97. The Morgan fingerprint density at radius 3 is 2.10 bits per heavy atom. The number of carbonyl (C=O) groups excluding carboxylic acids is 1. The molecule has 0 unspecified atom stereocenters. The summed E-state index contributed by atoms with van der Waals surface area (Å²) in [5.74, 6) is -1.83. The number of amides is 1. The van der Waals surface area contributed by atoms with Crippen molar-refractivity contribution in [1.82, 2.24) is 4.90 Å². The highest BCUT2D eigenvalue weighted by Crippen LogP contribution is 2.29. The number of nitrogens with zero attached hydrogens (tertiary/aromatic N) is 2. The third-order valence-electron chi connectivity index (χ3n) is 4.47. The summed E-state index contributed by atoms with van der Waals surface area (Å²) in [7, 11) is 2.14. The number of likely N-dealkylation sites (tertiary alicyclic amines) is 1. The first-order chi connectivity index (χ1) is 13.6. The van der Waals surface area contributed by atoms with E-state index in [1.807, 2.05) is 17.9 Å². The summed E-state index contributed by atoms with van der Waals surface area (Å²) in [5.41, 5.74) is 0.843. The fourth-order valence-corrected chi connectivity index (χ4v) is 3.13. The number of anilines is 1. The smallest absolute Gasteiger partial charge is 0.328 e. The van der Waals surface area contributed by atoms with Crippen molar-refractivity contribution in [2.45, 2.75) is 26.2 Å². The number of rotatable bonds is 6. The molecule has 160 valence electrons. The Labute approximate surface area is 180 Å². The Morgan fingerprint density at radius 1 is 1.10 bits per heavy atom. The molecule has 0 bridgehead atoms. The van der Waals surface area contributed by atoms with Crippen LogP contribution in [0.4, 0.5) is 5.69 Å². The van der Waals surface area contributed by atoms with Crippen LogP contribution in [-0.4, -0.2) is 59.6 Å². The highest BCUT2D eigenvalue weighted by Gasteiger charge is 2.23. The van der Waals surface area contributed by atoms with Crippen molar-refractivity contribution >= 4 is 46.7 Å². The second-order valence-electron chi connectivity index (χ2n) is 6.71. The lowest BCUT2D eigenvalue weighted by Gasteiger charge is -2.33. The van der Waals surface area contributed by atoms with E-state index in [1.165, 1.54) is 0 Å². The molecule has 2 N–H and O–H groups in total. The molecule has 1 amide bonds. The molecule has 0 spiro atoms. The van der Waals surface area contributed by atoms with E-state index in [0.29, 0.717) is 34.5 Å². The van der Waals surface area contributed by atoms with Crippen LogP contribution in [0.25, 0.3) is 0 Å². The zero-order valence-electron chi connectivity index (χ0n) is 16.5. The maximum atomic E-state index is 12.3. The lowest BCUT2D eigenvalue weighted by atomic mass is 9.96. The highest BCUT2D eigenvalue weighted by molar-refractivity contribution is 6.42. The molecule has 9 heteroatoms. The summed E-state index contributed by atoms with van der Waals surface area (Å²) in [4.78, 5) is 35.6. The number of hydrogen-bond donors (Lipinski definition) is 2. The average Bonchev–Trinajstić information content (AvgIpc) is 2.68. The van der Waals surface area contributed by atoms with E-state index in [1.54, 1.807) is 12.1 Å². The van der Waals surface area contributed by atoms with Gasteiger partial charge >= 0.3 is 11.9 Å². The van der Waals surface area contributed by atoms with Gasteiger partial charge in [-0.3, -0.25) is 4.79 Å². The summed E-state index contributed by atoms with van der Waals surface area (Å²) in [6.07, 6.45) is 3.87. The minimum Gasteiger partial charge on any atom is -0.478 e. The van der Waals surface area contributed by atoms with Gasteiger partial charge in [0.15, 0.2) is 0 Å². The number of benzene rings is 1. The summed E-state index contributed by atoms with van der Waals surface area (Å²) in [6, 6.07) is 5.41. The number of piperidine rings is 1. The number of carboxylic acids is 2. The largest absolute Gasteiger partial charge is 0.478 e. The van der Waals surface area contributed by atoms with Crippen LogP contribution in [0.15, 0.2) is 30.4 Å². The minimum atomic E-state index is -1.26. The van der Waals surface area contributed by atoms with Gasteiger partial charge in [0.1, 0.15) is 0 Å². The Kier molecular flexibility index (Phi) is 10.7. The van der Waals surface area contributed by atoms with Crippen molar-refractivity contribution < 1.29 is 24.6 Å². The predicted octanol–water partition coefficient (Wildman–Crippen LogP) is 3.79. The second-order valence-corrected chi connectivity index (χ2v) is 7.53. The molecule has 1 aliphatic rings. The summed E-state index contributed by atoms with van der Waals surface area (Å²) in [6.45, 7) is 4.85. The molecule has 0 atom stereocenters. The molecule has 1 heterocycles. The van der Waals surface area contributed by atoms with Crippen LogP contribution >= 0.6 is 23.2 Å². The summed E-state index contributed by atoms with van der Waals surface area (Å²) >= 11 is 12.1. The number of halogens is 2. The van der Waals surface area contributed by atoms with Crippen LogP contribution in [0.3, 0.4) is 0 Å². The molecule has 2 rings (SSSR count). The lowest BCUT2D eigenvalue weighted by molar-refractivity contribution is -0.134. The monoisotopic (exact) mass is 444 g/mol. The molecule has 1 saturated heterocycles. The summed E-state index contributed by atoms with van der Waals surface area (Å²) < 4.78 is 0. The van der Waals surface area contributed by atoms with E-state index in [2.05, 4.69) is 11.9 Å². The Morgan fingerprint density at radius 2 is 1.66 bits per heavy atom. The zero-order valence-corrected chi connectivity index (χ0v) is 18.0. The van der Waals surface area contributed by atoms with Gasteiger partial charge in [-0.25, -0.2) is 9.59 Å². The quantitative estimate of drug-likeness (QED) is 0.647. The van der Waals surface area contributed by atoms with Crippen LogP contribution in [0, 0.1) is 5.92 Å². The van der Waals surface area contributed by atoms with Gasteiger partial charge in [0.05, 0.1) is 10.0 Å². The van der Waals surface area contributed by atoms with E-state index in [9.17, 15) is 14.4 Å². The van der Waals surface area contributed by atoms with Crippen molar-refractivity contribution in [3.8, 4) is 0 Å². The molecule has 0 aliphatic carbocycles. The number of hydrogen-bond acceptors (Lipinski definition) is 4. The third-order valence-corrected chi connectivity index (χ3v) is 5.20. The second kappa shape index (κ2) is 12.5. The predicted molar refractivity (Wildman–Crippen MR) is 114 cm³/mol. The molecule has 1 aliphatic heterocycles. The van der Waals surface area contributed by atoms with Crippen LogP contribution in [0.2, 0.25) is 10.0 Å². The van der Waals surface area contributed by atoms with Crippen molar-refractivity contribution in [3.63, 3.8) is 0 Å². The molecule has 1 aromatic carbocycles. The molecule has 29 heavy (non-hydrogen) atoms. The van der Waals surface area contributed by atoms with Gasteiger partial charge in [0.25, 0.3) is 0 Å². The first-order valence-electron chi connectivity index (χ1n) is 9.21. The molecule has 7 nitrogen and oxygen atoms in total. The fraction of sp³-hybridized carbons (Fsp3) is 0.450. The van der Waals surface area contributed by atoms with E-state index in [4.69, 9.17) is 33.4 Å². The molecule has 0 aromatic heterocycles. The lowest BCUT2D eigenvalue weighted by Crippen LogP contribution is -2.39. The van der Waals surface area contributed by atoms with Crippen molar-refractivity contribution in [1.29, 1.82) is 0 Å². The summed E-state index contributed by atoms with van der Waals surface area (Å²) in [5, 5.41) is 16.6. The van der Waals surface area contributed by atoms with E-state index in [0.717, 1.165) is 38.2 Å². The van der Waals surface area contributed by atoms with Gasteiger partial charge < -0.3 is 20.0 Å². The maximum Gasteiger partial charge on any atom is 0.328 e. The molecule has 1 aromatic rings. The van der Waals surface area contributed by atoms with Crippen LogP contribution in [0.1, 0.15) is 26.2 Å². The topological polar surface area (TPSA) is 98.2 Å². The van der Waals surface area contributed by atoms with Gasteiger partial charge in [-0.2, -0.15) is 0 Å². The van der Waals surface area contributed by atoms with Gasteiger partial charge in [-0.05, 0) is 57.1 Å². The van der Waals surface area contributed by atoms with Crippen molar-refractivity contribution in [2.75, 3.05) is 31.6 Å². The average molecular weight is 445 g/mol. The van der Waals surface area contributed by atoms with Gasteiger partial charge in [0.2, 0.25) is 5.91 Å². The van der Waals surface area contributed by atoms with Gasteiger partial charge in [-0.1, -0.05) is 30.1 Å². The van der Waals surface area contributed by atoms with Crippen LogP contribution in [-0.2, 0) is 14.4 Å². The SMILES string of the molecule is CCC(=O)N(CC1CCN(C)CC1)c1ccc(Cl)c(Cl)c1.O=C(O)/C=C/C(=O)O. The minimum absolute atomic E-state index is 0.132. The highest BCUT2D eigenvalue weighted by atomic mass is 35.5. The first kappa shape index (κ1) is 24.9. The van der Waals surface area contributed by atoms with E-state index in [-0.39, 0.29) is 5.91 Å². The van der Waals surface area contributed by atoms with Crippen molar-refractivity contribution in [2.24, 2.45) is 5.92 Å². The molecule has 0 radical (unpaired) electrons. The van der Waals surface area contributed by atoms with Crippen LogP contribution < -0.4 is 4.90 Å². The number of aliphatic carboxylic acids is 2. The normalized spacial score (nSPS) is 14.9. The molecular weight excluding hydrogens is 419 g/mol.